The van der Waals surface area contributed by atoms with E-state index in [1.807, 2.05) is 31.2 Å². The molecule has 2 aromatic rings. The highest BCUT2D eigenvalue weighted by molar-refractivity contribution is 7.99. The van der Waals surface area contributed by atoms with E-state index in [0.717, 1.165) is 17.2 Å². The van der Waals surface area contributed by atoms with Crippen LogP contribution >= 0.6 is 23.4 Å². The van der Waals surface area contributed by atoms with Crippen LogP contribution in [0.3, 0.4) is 0 Å². The summed E-state index contributed by atoms with van der Waals surface area (Å²) in [6.45, 7) is 1.96. The lowest BCUT2D eigenvalue weighted by Crippen LogP contribution is -2.43. The molecule has 7 nitrogen and oxygen atoms in total. The van der Waals surface area contributed by atoms with Gasteiger partial charge in [0, 0.05) is 17.9 Å². The number of thioether (sulfide) groups is 1. The molecule has 146 valence electrons. The van der Waals surface area contributed by atoms with Gasteiger partial charge in [0.1, 0.15) is 11.4 Å². The topological polar surface area (TPSA) is 89.8 Å². The minimum atomic E-state index is -0.778. The van der Waals surface area contributed by atoms with Crippen molar-refractivity contribution in [2.45, 2.75) is 18.3 Å². The van der Waals surface area contributed by atoms with E-state index >= 15 is 0 Å². The summed E-state index contributed by atoms with van der Waals surface area (Å²) in [4.78, 5) is 37.3. The molecular formula is C19H17ClN2O5S. The Hall–Kier alpha value is -2.58. The minimum Gasteiger partial charge on any atom is -0.467 e. The highest BCUT2D eigenvalue weighted by Gasteiger charge is 2.43. The molecule has 3 rings (SSSR count). The van der Waals surface area contributed by atoms with E-state index in [4.69, 9.17) is 16.3 Å². The van der Waals surface area contributed by atoms with Crippen LogP contribution in [0, 0.1) is 17.0 Å². The number of hydrogen-bond acceptors (Lipinski definition) is 6. The summed E-state index contributed by atoms with van der Waals surface area (Å²) in [5, 5.41) is 10.5. The molecule has 2 atom stereocenters. The van der Waals surface area contributed by atoms with E-state index in [2.05, 4.69) is 0 Å². The van der Waals surface area contributed by atoms with Crippen LogP contribution in [-0.2, 0) is 9.53 Å². The zero-order valence-electron chi connectivity index (χ0n) is 15.1. The van der Waals surface area contributed by atoms with Gasteiger partial charge in [0.2, 0.25) is 0 Å². The van der Waals surface area contributed by atoms with Crippen LogP contribution in [0.25, 0.3) is 0 Å². The first-order valence-corrected chi connectivity index (χ1v) is 9.78. The predicted octanol–water partition coefficient (Wildman–Crippen LogP) is 3.99. The van der Waals surface area contributed by atoms with Gasteiger partial charge in [-0.3, -0.25) is 14.9 Å². The maximum absolute atomic E-state index is 13.3. The van der Waals surface area contributed by atoms with E-state index in [0.29, 0.717) is 5.75 Å². The Kier molecular flexibility index (Phi) is 5.90. The number of carbonyl (C=O) groups excluding carboxylic acids is 2. The number of carbonyl (C=O) groups is 2. The van der Waals surface area contributed by atoms with Gasteiger partial charge in [-0.25, -0.2) is 4.79 Å². The monoisotopic (exact) mass is 420 g/mol. The number of nitro benzene ring substituents is 1. The smallest absolute Gasteiger partial charge is 0.329 e. The van der Waals surface area contributed by atoms with Gasteiger partial charge < -0.3 is 9.64 Å². The van der Waals surface area contributed by atoms with Gasteiger partial charge in [0.15, 0.2) is 0 Å². The minimum absolute atomic E-state index is 0.0395. The summed E-state index contributed by atoms with van der Waals surface area (Å²) in [6, 6.07) is 10.6. The molecule has 0 N–H and O–H groups in total. The van der Waals surface area contributed by atoms with Crippen LogP contribution in [0.15, 0.2) is 42.5 Å². The van der Waals surface area contributed by atoms with Crippen LogP contribution < -0.4 is 0 Å². The molecule has 0 aromatic heterocycles. The Morgan fingerprint density at radius 1 is 1.25 bits per heavy atom. The zero-order chi connectivity index (χ0) is 20.4. The van der Waals surface area contributed by atoms with Crippen LogP contribution in [-0.4, -0.2) is 40.6 Å². The van der Waals surface area contributed by atoms with Crippen LogP contribution in [0.5, 0.6) is 0 Å². The van der Waals surface area contributed by atoms with Gasteiger partial charge in [-0.15, -0.1) is 11.8 Å². The van der Waals surface area contributed by atoms with Crippen molar-refractivity contribution in [3.05, 3.63) is 74.3 Å². The number of methoxy groups -OCH3 is 1. The maximum Gasteiger partial charge on any atom is 0.329 e. The number of hydrogen-bond donors (Lipinski definition) is 0. The van der Waals surface area contributed by atoms with Crippen molar-refractivity contribution in [1.29, 1.82) is 0 Å². The van der Waals surface area contributed by atoms with Crippen LogP contribution in [0.2, 0.25) is 5.02 Å². The molecule has 1 aliphatic heterocycles. The fraction of sp³-hybridized carbons (Fsp3) is 0.263. The van der Waals surface area contributed by atoms with Gasteiger partial charge in [-0.05, 0) is 18.6 Å². The summed E-state index contributed by atoms with van der Waals surface area (Å²) >= 11 is 7.60. The number of rotatable bonds is 4. The van der Waals surface area contributed by atoms with Gasteiger partial charge in [-0.1, -0.05) is 41.4 Å². The van der Waals surface area contributed by atoms with E-state index in [1.165, 1.54) is 35.9 Å². The standard InChI is InChI=1S/C19H17ClN2O5S/c1-11-3-5-12(6-4-11)18-21(16(10-28-18)19(24)27-2)17(23)14-8-7-13(22(25)26)9-15(14)20/h3-9,16,18H,10H2,1-2H3. The number of halogens is 1. The average Bonchev–Trinajstić information content (AvgIpc) is 3.12. The predicted molar refractivity (Wildman–Crippen MR) is 106 cm³/mol. The van der Waals surface area contributed by atoms with Crippen molar-refractivity contribution in [2.24, 2.45) is 0 Å². The number of benzene rings is 2. The third-order valence-electron chi connectivity index (χ3n) is 4.46. The number of amides is 1. The van der Waals surface area contributed by atoms with Gasteiger partial charge in [0.05, 0.1) is 22.6 Å². The number of ether oxygens (including phenoxy) is 1. The van der Waals surface area contributed by atoms with Crippen molar-refractivity contribution in [3.8, 4) is 0 Å². The first-order valence-electron chi connectivity index (χ1n) is 8.36. The highest BCUT2D eigenvalue weighted by Crippen LogP contribution is 2.43. The normalized spacial score (nSPS) is 18.8. The van der Waals surface area contributed by atoms with Crippen molar-refractivity contribution < 1.29 is 19.2 Å². The molecule has 2 unspecified atom stereocenters. The molecule has 0 bridgehead atoms. The zero-order valence-corrected chi connectivity index (χ0v) is 16.7. The number of aryl methyl sites for hydroxylation is 1. The molecule has 1 amide bonds. The summed E-state index contributed by atoms with van der Waals surface area (Å²) < 4.78 is 4.87. The molecular weight excluding hydrogens is 404 g/mol. The second-order valence-corrected chi connectivity index (χ2v) is 7.79. The van der Waals surface area contributed by atoms with Crippen LogP contribution in [0.4, 0.5) is 5.69 Å². The second-order valence-electron chi connectivity index (χ2n) is 6.27. The molecule has 0 saturated carbocycles. The Labute approximate surface area is 170 Å². The van der Waals surface area contributed by atoms with Crippen molar-refractivity contribution in [1.82, 2.24) is 4.90 Å². The SMILES string of the molecule is COC(=O)C1CSC(c2ccc(C)cc2)N1C(=O)c1ccc([N+](=O)[O-])cc1Cl. The largest absolute Gasteiger partial charge is 0.467 e. The number of esters is 1. The lowest BCUT2D eigenvalue weighted by molar-refractivity contribution is -0.384. The number of non-ortho nitro benzene ring substituents is 1. The van der Waals surface area contributed by atoms with E-state index in [9.17, 15) is 19.7 Å². The van der Waals surface area contributed by atoms with Crippen molar-refractivity contribution >= 4 is 40.9 Å². The quantitative estimate of drug-likeness (QED) is 0.422. The lowest BCUT2D eigenvalue weighted by Gasteiger charge is -2.28. The molecule has 28 heavy (non-hydrogen) atoms. The first kappa shape index (κ1) is 20.2. The van der Waals surface area contributed by atoms with Gasteiger partial charge in [-0.2, -0.15) is 0 Å². The van der Waals surface area contributed by atoms with E-state index in [1.54, 1.807) is 0 Å². The van der Waals surface area contributed by atoms with E-state index in [-0.39, 0.29) is 16.3 Å². The Morgan fingerprint density at radius 3 is 2.50 bits per heavy atom. The molecule has 0 spiro atoms. The third-order valence-corrected chi connectivity index (χ3v) is 6.10. The molecule has 1 aliphatic rings. The molecule has 1 heterocycles. The molecule has 1 saturated heterocycles. The summed E-state index contributed by atoms with van der Waals surface area (Å²) in [7, 11) is 1.27. The lowest BCUT2D eigenvalue weighted by atomic mass is 10.1. The molecule has 9 heteroatoms. The number of nitrogens with zero attached hydrogens (tertiary/aromatic N) is 2. The van der Waals surface area contributed by atoms with Gasteiger partial charge in [0.25, 0.3) is 11.6 Å². The van der Waals surface area contributed by atoms with Crippen LogP contribution in [0.1, 0.15) is 26.9 Å². The Bertz CT molecular complexity index is 934. The average molecular weight is 421 g/mol. The summed E-state index contributed by atoms with van der Waals surface area (Å²) in [5.74, 6) is -0.624. The van der Waals surface area contributed by atoms with Gasteiger partial charge >= 0.3 is 5.97 Å². The molecule has 1 fully saturated rings. The van der Waals surface area contributed by atoms with Crippen molar-refractivity contribution in [3.63, 3.8) is 0 Å². The maximum atomic E-state index is 13.3. The fourth-order valence-electron chi connectivity index (χ4n) is 2.99. The molecule has 0 aliphatic carbocycles. The second kappa shape index (κ2) is 8.20. The summed E-state index contributed by atoms with van der Waals surface area (Å²) in [5.41, 5.74) is 1.83. The fourth-order valence-corrected chi connectivity index (χ4v) is 4.66. The highest BCUT2D eigenvalue weighted by atomic mass is 35.5. The Balaban J connectivity index is 2.01. The first-order chi connectivity index (χ1) is 13.3. The Morgan fingerprint density at radius 2 is 1.93 bits per heavy atom. The number of nitro groups is 1. The third kappa shape index (κ3) is 3.83. The summed E-state index contributed by atoms with van der Waals surface area (Å²) in [6.07, 6.45) is 0. The molecule has 0 radical (unpaired) electrons. The molecule has 2 aromatic carbocycles. The van der Waals surface area contributed by atoms with E-state index < -0.39 is 28.2 Å². The van der Waals surface area contributed by atoms with Crippen molar-refractivity contribution in [2.75, 3.05) is 12.9 Å².